The zero-order chi connectivity index (χ0) is 27.4. The SMILES string of the molecule is O=C(Nc1[nH]nc2sc(C(=O)N[C@H](CN3CCOCC3)c3ccccc3)cc12)c1ccc(OC(F)(F)F)cc1. The van der Waals surface area contributed by atoms with Crippen LogP contribution in [0.15, 0.2) is 60.7 Å². The lowest BCUT2D eigenvalue weighted by molar-refractivity contribution is -0.274. The van der Waals surface area contributed by atoms with E-state index in [-0.39, 0.29) is 23.3 Å². The number of rotatable bonds is 8. The van der Waals surface area contributed by atoms with Crippen molar-refractivity contribution < 1.29 is 32.2 Å². The number of fused-ring (bicyclic) bond motifs is 1. The van der Waals surface area contributed by atoms with Gasteiger partial charge in [0.25, 0.3) is 11.8 Å². The Kier molecular flexibility index (Phi) is 7.82. The number of carbonyl (C=O) groups is 2. The molecular formula is C26H24F3N5O4S. The molecule has 0 unspecified atom stereocenters. The van der Waals surface area contributed by atoms with Gasteiger partial charge in [0.1, 0.15) is 16.4 Å². The van der Waals surface area contributed by atoms with E-state index < -0.39 is 18.0 Å². The van der Waals surface area contributed by atoms with Crippen LogP contribution in [0.1, 0.15) is 31.6 Å². The number of nitrogens with one attached hydrogen (secondary N) is 3. The minimum absolute atomic E-state index is 0.120. The molecule has 2 amide bonds. The molecular weight excluding hydrogens is 535 g/mol. The van der Waals surface area contributed by atoms with Crippen LogP contribution in [0.5, 0.6) is 5.75 Å². The van der Waals surface area contributed by atoms with Gasteiger partial charge in [0.15, 0.2) is 0 Å². The fourth-order valence-corrected chi connectivity index (χ4v) is 5.10. The summed E-state index contributed by atoms with van der Waals surface area (Å²) in [6, 6.07) is 15.7. The molecule has 2 aromatic heterocycles. The van der Waals surface area contributed by atoms with E-state index in [0.717, 1.165) is 30.8 Å². The number of halogens is 3. The second-order valence-corrected chi connectivity index (χ2v) is 9.83. The highest BCUT2D eigenvalue weighted by Crippen LogP contribution is 2.30. The highest BCUT2D eigenvalue weighted by Gasteiger charge is 2.31. The van der Waals surface area contributed by atoms with Gasteiger partial charge < -0.3 is 20.1 Å². The van der Waals surface area contributed by atoms with Crippen LogP contribution in [0.25, 0.3) is 10.2 Å². The molecule has 5 rings (SSSR count). The highest BCUT2D eigenvalue weighted by atomic mass is 32.1. The first-order valence-corrected chi connectivity index (χ1v) is 12.9. The molecule has 204 valence electrons. The number of benzene rings is 2. The monoisotopic (exact) mass is 559 g/mol. The van der Waals surface area contributed by atoms with Crippen molar-refractivity contribution in [3.63, 3.8) is 0 Å². The van der Waals surface area contributed by atoms with Gasteiger partial charge in [0, 0.05) is 25.2 Å². The highest BCUT2D eigenvalue weighted by molar-refractivity contribution is 7.20. The van der Waals surface area contributed by atoms with E-state index in [0.29, 0.717) is 34.9 Å². The number of ether oxygens (including phenoxy) is 2. The average molecular weight is 560 g/mol. The van der Waals surface area contributed by atoms with Gasteiger partial charge in [-0.05, 0) is 35.9 Å². The zero-order valence-electron chi connectivity index (χ0n) is 20.5. The normalized spacial score (nSPS) is 15.2. The van der Waals surface area contributed by atoms with Crippen molar-refractivity contribution in [2.75, 3.05) is 38.2 Å². The molecule has 1 atom stereocenters. The smallest absolute Gasteiger partial charge is 0.406 e. The number of carbonyl (C=O) groups excluding carboxylic acids is 2. The van der Waals surface area contributed by atoms with Crippen LogP contribution in [0.3, 0.4) is 0 Å². The first-order valence-electron chi connectivity index (χ1n) is 12.1. The van der Waals surface area contributed by atoms with Gasteiger partial charge in [-0.25, -0.2) is 0 Å². The summed E-state index contributed by atoms with van der Waals surface area (Å²) in [6.45, 7) is 3.51. The summed E-state index contributed by atoms with van der Waals surface area (Å²) in [5, 5.41) is 13.2. The average Bonchev–Trinajstić information content (AvgIpc) is 3.51. The second kappa shape index (κ2) is 11.4. The second-order valence-electron chi connectivity index (χ2n) is 8.80. The predicted molar refractivity (Wildman–Crippen MR) is 139 cm³/mol. The molecule has 1 saturated heterocycles. The van der Waals surface area contributed by atoms with Crippen LogP contribution in [0.4, 0.5) is 19.0 Å². The molecule has 0 spiro atoms. The molecule has 0 aliphatic carbocycles. The van der Waals surface area contributed by atoms with Crippen molar-refractivity contribution in [3.8, 4) is 5.75 Å². The van der Waals surface area contributed by atoms with Crippen LogP contribution >= 0.6 is 11.3 Å². The first-order chi connectivity index (χ1) is 18.7. The summed E-state index contributed by atoms with van der Waals surface area (Å²) in [7, 11) is 0. The maximum Gasteiger partial charge on any atom is 0.573 e. The number of aromatic amines is 1. The summed E-state index contributed by atoms with van der Waals surface area (Å²) in [5.74, 6) is -0.989. The van der Waals surface area contributed by atoms with Gasteiger partial charge in [-0.3, -0.25) is 19.6 Å². The summed E-state index contributed by atoms with van der Waals surface area (Å²) in [5.41, 5.74) is 1.10. The van der Waals surface area contributed by atoms with Crippen molar-refractivity contribution in [1.82, 2.24) is 20.4 Å². The van der Waals surface area contributed by atoms with Crippen molar-refractivity contribution in [3.05, 3.63) is 76.7 Å². The van der Waals surface area contributed by atoms with E-state index in [9.17, 15) is 22.8 Å². The molecule has 1 aliphatic rings. The number of alkyl halides is 3. The topological polar surface area (TPSA) is 109 Å². The van der Waals surface area contributed by atoms with Gasteiger partial charge in [0.2, 0.25) is 0 Å². The van der Waals surface area contributed by atoms with Gasteiger partial charge in [0.05, 0.1) is 29.5 Å². The number of aromatic nitrogens is 2. The number of thiophene rings is 1. The van der Waals surface area contributed by atoms with Crippen molar-refractivity contribution in [2.24, 2.45) is 0 Å². The van der Waals surface area contributed by atoms with E-state index in [2.05, 4.69) is 30.5 Å². The molecule has 39 heavy (non-hydrogen) atoms. The third-order valence-corrected chi connectivity index (χ3v) is 7.14. The minimum atomic E-state index is -4.82. The van der Waals surface area contributed by atoms with Crippen LogP contribution in [-0.4, -0.2) is 66.1 Å². The Hall–Kier alpha value is -3.94. The Morgan fingerprint density at radius 2 is 1.79 bits per heavy atom. The molecule has 3 N–H and O–H groups in total. The first kappa shape index (κ1) is 26.7. The van der Waals surface area contributed by atoms with Gasteiger partial charge in [-0.15, -0.1) is 24.5 Å². The number of anilines is 1. The number of hydrogen-bond donors (Lipinski definition) is 3. The quantitative estimate of drug-likeness (QED) is 0.292. The molecule has 3 heterocycles. The standard InChI is InChI=1S/C26H24F3N5O4S/c27-26(28,29)38-18-8-6-17(7-9-18)23(35)31-22-19-14-21(39-25(19)33-32-22)24(36)30-20(16-4-2-1-3-5-16)15-34-10-12-37-13-11-34/h1-9,14,20H,10-13,15H2,(H,30,36)(H2,31,32,33,35)/t20-/m1/s1. The number of morpholine rings is 1. The Morgan fingerprint density at radius 1 is 1.08 bits per heavy atom. The molecule has 1 aliphatic heterocycles. The Bertz CT molecular complexity index is 1430. The molecule has 1 fully saturated rings. The van der Waals surface area contributed by atoms with E-state index in [1.165, 1.54) is 23.5 Å². The summed E-state index contributed by atoms with van der Waals surface area (Å²) in [6.07, 6.45) is -4.82. The largest absolute Gasteiger partial charge is 0.573 e. The van der Waals surface area contributed by atoms with Crippen molar-refractivity contribution >= 4 is 39.2 Å². The van der Waals surface area contributed by atoms with E-state index in [1.54, 1.807) is 6.07 Å². The number of amides is 2. The van der Waals surface area contributed by atoms with Crippen LogP contribution in [-0.2, 0) is 4.74 Å². The van der Waals surface area contributed by atoms with Crippen molar-refractivity contribution in [1.29, 1.82) is 0 Å². The summed E-state index contributed by atoms with van der Waals surface area (Å²) < 4.78 is 46.4. The summed E-state index contributed by atoms with van der Waals surface area (Å²) in [4.78, 5) is 29.1. The molecule has 4 aromatic rings. The number of nitrogens with zero attached hydrogens (tertiary/aromatic N) is 2. The summed E-state index contributed by atoms with van der Waals surface area (Å²) >= 11 is 1.18. The Balaban J connectivity index is 1.28. The fraction of sp³-hybridized carbons (Fsp3) is 0.269. The zero-order valence-corrected chi connectivity index (χ0v) is 21.3. The minimum Gasteiger partial charge on any atom is -0.406 e. The molecule has 13 heteroatoms. The molecule has 9 nitrogen and oxygen atoms in total. The van der Waals surface area contributed by atoms with Crippen molar-refractivity contribution in [2.45, 2.75) is 12.4 Å². The van der Waals surface area contributed by atoms with Crippen LogP contribution in [0.2, 0.25) is 0 Å². The van der Waals surface area contributed by atoms with E-state index in [4.69, 9.17) is 4.74 Å². The van der Waals surface area contributed by atoms with Gasteiger partial charge in [-0.2, -0.15) is 5.10 Å². The Morgan fingerprint density at radius 3 is 2.49 bits per heavy atom. The molecule has 0 bridgehead atoms. The maximum absolute atomic E-state index is 13.3. The maximum atomic E-state index is 13.3. The number of hydrogen-bond acceptors (Lipinski definition) is 7. The van der Waals surface area contributed by atoms with Crippen LogP contribution < -0.4 is 15.4 Å². The van der Waals surface area contributed by atoms with Gasteiger partial charge >= 0.3 is 6.36 Å². The molecule has 0 radical (unpaired) electrons. The lowest BCUT2D eigenvalue weighted by atomic mass is 10.1. The third-order valence-electron chi connectivity index (χ3n) is 6.12. The fourth-order valence-electron chi connectivity index (χ4n) is 4.20. The molecule has 0 saturated carbocycles. The predicted octanol–water partition coefficient (Wildman–Crippen LogP) is 4.58. The van der Waals surface area contributed by atoms with Crippen LogP contribution in [0, 0.1) is 0 Å². The third kappa shape index (κ3) is 6.74. The Labute approximate surface area is 224 Å². The van der Waals surface area contributed by atoms with Gasteiger partial charge in [-0.1, -0.05) is 30.3 Å². The number of H-pyrrole nitrogens is 1. The van der Waals surface area contributed by atoms with E-state index >= 15 is 0 Å². The lowest BCUT2D eigenvalue weighted by Crippen LogP contribution is -2.43. The molecule has 2 aromatic carbocycles. The van der Waals surface area contributed by atoms with E-state index in [1.807, 2.05) is 30.3 Å². The lowest BCUT2D eigenvalue weighted by Gasteiger charge is -2.31.